The number of nitriles is 1. The quantitative estimate of drug-likeness (QED) is 0.433. The number of amides is 1. The van der Waals surface area contributed by atoms with E-state index < -0.39 is 12.1 Å². The lowest BCUT2D eigenvalue weighted by atomic mass is 10.1. The minimum absolute atomic E-state index is 0.0164. The summed E-state index contributed by atoms with van der Waals surface area (Å²) >= 11 is 0. The Kier molecular flexibility index (Phi) is 6.22. The Hall–Kier alpha value is -3.59. The van der Waals surface area contributed by atoms with Gasteiger partial charge in [-0.3, -0.25) is 4.79 Å². The molecular formula is C24H25N3O3. The van der Waals surface area contributed by atoms with Gasteiger partial charge in [-0.1, -0.05) is 30.3 Å². The molecule has 0 saturated heterocycles. The zero-order valence-corrected chi connectivity index (χ0v) is 17.6. The van der Waals surface area contributed by atoms with Gasteiger partial charge in [-0.05, 0) is 55.7 Å². The van der Waals surface area contributed by atoms with E-state index in [2.05, 4.69) is 0 Å². The van der Waals surface area contributed by atoms with E-state index in [1.807, 2.05) is 80.5 Å². The topological polar surface area (TPSA) is 73.6 Å². The molecule has 1 aliphatic heterocycles. The zero-order valence-electron chi connectivity index (χ0n) is 17.6. The van der Waals surface area contributed by atoms with Gasteiger partial charge in [-0.25, -0.2) is 4.79 Å². The summed E-state index contributed by atoms with van der Waals surface area (Å²) in [5.74, 6) is -1.11. The lowest BCUT2D eigenvalue weighted by Crippen LogP contribution is -2.43. The number of rotatable bonds is 5. The smallest absolute Gasteiger partial charge is 0.349 e. The Balaban J connectivity index is 1.72. The number of ether oxygens (including phenoxy) is 1. The van der Waals surface area contributed by atoms with Crippen molar-refractivity contribution in [3.05, 3.63) is 65.2 Å². The third kappa shape index (κ3) is 4.36. The lowest BCUT2D eigenvalue weighted by molar-refractivity contribution is -0.149. The molecule has 0 N–H and O–H groups in total. The molecule has 2 atom stereocenters. The maximum absolute atomic E-state index is 13.0. The molecule has 2 aromatic rings. The van der Waals surface area contributed by atoms with Crippen LogP contribution < -0.4 is 9.80 Å². The van der Waals surface area contributed by atoms with Gasteiger partial charge in [-0.2, -0.15) is 5.26 Å². The van der Waals surface area contributed by atoms with Crippen molar-refractivity contribution in [3.63, 3.8) is 0 Å². The Morgan fingerprint density at radius 2 is 1.87 bits per heavy atom. The average Bonchev–Trinajstić information content (AvgIpc) is 3.07. The molecule has 1 heterocycles. The summed E-state index contributed by atoms with van der Waals surface area (Å²) in [6.07, 6.45) is 1.22. The maximum Gasteiger partial charge on any atom is 0.349 e. The van der Waals surface area contributed by atoms with Crippen molar-refractivity contribution >= 4 is 29.3 Å². The van der Waals surface area contributed by atoms with Crippen LogP contribution in [-0.4, -0.2) is 38.1 Å². The van der Waals surface area contributed by atoms with Crippen molar-refractivity contribution in [2.24, 2.45) is 0 Å². The first-order chi connectivity index (χ1) is 14.3. The molecule has 0 spiro atoms. The number of benzene rings is 2. The molecule has 3 rings (SSSR count). The Bertz CT molecular complexity index is 1020. The normalized spacial score (nSPS) is 16.4. The lowest BCUT2D eigenvalue weighted by Gasteiger charge is -2.25. The standard InChI is InChI=1S/C24H25N3O3/c1-16-13-19-7-5-6-8-22(19)27(16)23(28)17(2)30-24(29)20(15-25)14-18-9-11-21(12-10-18)26(3)4/h5-12,14,16-17H,13H2,1-4H3/b20-14+/t16-,17-/m1/s1. The number of carbonyl (C=O) groups is 2. The molecule has 154 valence electrons. The molecule has 0 fully saturated rings. The monoisotopic (exact) mass is 403 g/mol. The molecule has 0 radical (unpaired) electrons. The molecule has 0 saturated carbocycles. The second-order valence-electron chi connectivity index (χ2n) is 7.59. The second kappa shape index (κ2) is 8.83. The fourth-order valence-corrected chi connectivity index (χ4v) is 3.54. The van der Waals surface area contributed by atoms with Crippen LogP contribution in [0.4, 0.5) is 11.4 Å². The number of esters is 1. The van der Waals surface area contributed by atoms with Gasteiger partial charge in [0.2, 0.25) is 0 Å². The highest BCUT2D eigenvalue weighted by atomic mass is 16.5. The predicted molar refractivity (Wildman–Crippen MR) is 117 cm³/mol. The number of anilines is 2. The highest BCUT2D eigenvalue weighted by Gasteiger charge is 2.34. The molecule has 6 nitrogen and oxygen atoms in total. The Labute approximate surface area is 177 Å². The van der Waals surface area contributed by atoms with Crippen LogP contribution in [0.25, 0.3) is 6.08 Å². The Morgan fingerprint density at radius 3 is 2.50 bits per heavy atom. The first kappa shape index (κ1) is 21.1. The maximum atomic E-state index is 13.0. The molecule has 1 amide bonds. The van der Waals surface area contributed by atoms with Crippen molar-refractivity contribution in [3.8, 4) is 6.07 Å². The van der Waals surface area contributed by atoms with Gasteiger partial charge in [0, 0.05) is 31.5 Å². The highest BCUT2D eigenvalue weighted by Crippen LogP contribution is 2.32. The summed E-state index contributed by atoms with van der Waals surface area (Å²) in [6, 6.07) is 17.0. The summed E-state index contributed by atoms with van der Waals surface area (Å²) in [5, 5.41) is 9.41. The SMILES string of the molecule is C[C@@H]1Cc2ccccc2N1C(=O)[C@@H](C)OC(=O)/C(C#N)=C/c1ccc(N(C)C)cc1. The van der Waals surface area contributed by atoms with Crippen LogP contribution in [0, 0.1) is 11.3 Å². The van der Waals surface area contributed by atoms with Gasteiger partial charge in [0.15, 0.2) is 6.10 Å². The zero-order chi connectivity index (χ0) is 21.8. The fourth-order valence-electron chi connectivity index (χ4n) is 3.54. The van der Waals surface area contributed by atoms with Crippen molar-refractivity contribution in [1.29, 1.82) is 5.26 Å². The van der Waals surface area contributed by atoms with Crippen LogP contribution in [0.2, 0.25) is 0 Å². The van der Waals surface area contributed by atoms with Crippen molar-refractivity contribution in [2.75, 3.05) is 23.9 Å². The van der Waals surface area contributed by atoms with E-state index in [1.165, 1.54) is 13.0 Å². The van der Waals surface area contributed by atoms with Crippen LogP contribution in [-0.2, 0) is 20.7 Å². The van der Waals surface area contributed by atoms with Crippen LogP contribution in [0.1, 0.15) is 25.0 Å². The van der Waals surface area contributed by atoms with Crippen LogP contribution in [0.3, 0.4) is 0 Å². The number of nitrogens with zero attached hydrogens (tertiary/aromatic N) is 3. The van der Waals surface area contributed by atoms with E-state index in [0.29, 0.717) is 5.56 Å². The molecule has 30 heavy (non-hydrogen) atoms. The van der Waals surface area contributed by atoms with Gasteiger partial charge < -0.3 is 14.5 Å². The van der Waals surface area contributed by atoms with E-state index in [-0.39, 0.29) is 17.5 Å². The molecule has 0 aliphatic carbocycles. The first-order valence-electron chi connectivity index (χ1n) is 9.83. The van der Waals surface area contributed by atoms with Crippen LogP contribution in [0.15, 0.2) is 54.1 Å². The molecule has 0 unspecified atom stereocenters. The van der Waals surface area contributed by atoms with Gasteiger partial charge in [0.25, 0.3) is 5.91 Å². The summed E-state index contributed by atoms with van der Waals surface area (Å²) in [4.78, 5) is 29.1. The molecule has 2 aromatic carbocycles. The third-order valence-electron chi connectivity index (χ3n) is 5.14. The largest absolute Gasteiger partial charge is 0.448 e. The highest BCUT2D eigenvalue weighted by molar-refractivity contribution is 6.03. The minimum atomic E-state index is -1.00. The number of para-hydroxylation sites is 1. The number of hydrogen-bond acceptors (Lipinski definition) is 5. The first-order valence-corrected chi connectivity index (χ1v) is 9.83. The molecule has 0 bridgehead atoms. The second-order valence-corrected chi connectivity index (χ2v) is 7.59. The Morgan fingerprint density at radius 1 is 1.20 bits per heavy atom. The van der Waals surface area contributed by atoms with Gasteiger partial charge in [-0.15, -0.1) is 0 Å². The summed E-state index contributed by atoms with van der Waals surface area (Å²) in [6.45, 7) is 3.50. The summed E-state index contributed by atoms with van der Waals surface area (Å²) < 4.78 is 5.35. The molecule has 1 aliphatic rings. The predicted octanol–water partition coefficient (Wildman–Crippen LogP) is 3.57. The number of hydrogen-bond donors (Lipinski definition) is 0. The average molecular weight is 403 g/mol. The van der Waals surface area contributed by atoms with E-state index in [1.54, 1.807) is 4.90 Å². The molecule has 0 aromatic heterocycles. The minimum Gasteiger partial charge on any atom is -0.448 e. The van der Waals surface area contributed by atoms with Crippen molar-refractivity contribution < 1.29 is 14.3 Å². The number of fused-ring (bicyclic) bond motifs is 1. The van der Waals surface area contributed by atoms with Crippen molar-refractivity contribution in [1.82, 2.24) is 0 Å². The van der Waals surface area contributed by atoms with Gasteiger partial charge in [0.1, 0.15) is 11.6 Å². The van der Waals surface area contributed by atoms with Crippen LogP contribution in [0.5, 0.6) is 0 Å². The van der Waals surface area contributed by atoms with E-state index in [4.69, 9.17) is 4.74 Å². The summed E-state index contributed by atoms with van der Waals surface area (Å²) in [7, 11) is 3.86. The van der Waals surface area contributed by atoms with E-state index >= 15 is 0 Å². The summed E-state index contributed by atoms with van der Waals surface area (Å²) in [5.41, 5.74) is 3.50. The molecule has 6 heteroatoms. The van der Waals surface area contributed by atoms with Gasteiger partial charge >= 0.3 is 5.97 Å². The number of carbonyl (C=O) groups excluding carboxylic acids is 2. The fraction of sp³-hybridized carbons (Fsp3) is 0.292. The van der Waals surface area contributed by atoms with E-state index in [0.717, 1.165) is 23.4 Å². The van der Waals surface area contributed by atoms with Gasteiger partial charge in [0.05, 0.1) is 0 Å². The van der Waals surface area contributed by atoms with E-state index in [9.17, 15) is 14.9 Å². The third-order valence-corrected chi connectivity index (χ3v) is 5.14. The molecular weight excluding hydrogens is 378 g/mol. The van der Waals surface area contributed by atoms with Crippen LogP contribution >= 0.6 is 0 Å². The van der Waals surface area contributed by atoms with Crippen molar-refractivity contribution in [2.45, 2.75) is 32.4 Å².